The smallest absolute Gasteiger partial charge is 0.180 e. The lowest BCUT2D eigenvalue weighted by Gasteiger charge is -2.13. The first-order valence-electron chi connectivity index (χ1n) is 21.1. The Morgan fingerprint density at radius 1 is 0.270 bits per heavy atom. The van der Waals surface area contributed by atoms with Gasteiger partial charge in [-0.2, -0.15) is 0 Å². The predicted octanol–water partition coefficient (Wildman–Crippen LogP) is 15.1. The molecular formula is C58H36N4O. The summed E-state index contributed by atoms with van der Waals surface area (Å²) in [5, 5.41) is 4.28. The molecule has 0 aliphatic rings. The number of furan rings is 1. The van der Waals surface area contributed by atoms with Crippen LogP contribution in [0.5, 0.6) is 0 Å². The minimum atomic E-state index is 0.652. The maximum atomic E-state index is 6.36. The number of aromatic nitrogens is 4. The van der Waals surface area contributed by atoms with Crippen LogP contribution in [0.2, 0.25) is 0 Å². The molecule has 12 aromatic rings. The second-order valence-corrected chi connectivity index (χ2v) is 15.8. The van der Waals surface area contributed by atoms with E-state index in [-0.39, 0.29) is 0 Å². The summed E-state index contributed by atoms with van der Waals surface area (Å²) < 4.78 is 6.36. The van der Waals surface area contributed by atoms with Crippen LogP contribution in [0.3, 0.4) is 0 Å². The lowest BCUT2D eigenvalue weighted by atomic mass is 9.95. The molecule has 0 saturated carbocycles. The van der Waals surface area contributed by atoms with Crippen molar-refractivity contribution in [1.29, 1.82) is 0 Å². The van der Waals surface area contributed by atoms with Crippen LogP contribution < -0.4 is 0 Å². The van der Waals surface area contributed by atoms with E-state index >= 15 is 0 Å². The average Bonchev–Trinajstić information content (AvgIpc) is 3.75. The molecule has 3 aromatic heterocycles. The number of fused-ring (bicyclic) bond motifs is 6. The monoisotopic (exact) mass is 804 g/mol. The van der Waals surface area contributed by atoms with Gasteiger partial charge in [0.2, 0.25) is 0 Å². The normalized spacial score (nSPS) is 11.5. The van der Waals surface area contributed by atoms with Gasteiger partial charge in [0.05, 0.1) is 11.2 Å². The highest BCUT2D eigenvalue weighted by molar-refractivity contribution is 6.10. The van der Waals surface area contributed by atoms with Gasteiger partial charge in [0, 0.05) is 38.4 Å². The Labute approximate surface area is 363 Å². The third kappa shape index (κ3) is 6.60. The molecule has 0 fully saturated rings. The molecule has 9 aromatic carbocycles. The second kappa shape index (κ2) is 15.2. The maximum Gasteiger partial charge on any atom is 0.180 e. The molecule has 63 heavy (non-hydrogen) atoms. The van der Waals surface area contributed by atoms with E-state index < -0.39 is 0 Å². The fourth-order valence-corrected chi connectivity index (χ4v) is 8.75. The van der Waals surface area contributed by atoms with Crippen LogP contribution in [0, 0.1) is 0 Å². The molecule has 5 nitrogen and oxygen atoms in total. The SMILES string of the molecule is c1ccc(-c2nc(-c3cccc(-c4cccc(-c5cccc(-c6cccc(-c7nc(-c8ccccc8)c8oc9ccccc9c8n7)c6)c5)c4)c3)nc3c2ccc2ccccc23)cc1. The fourth-order valence-electron chi connectivity index (χ4n) is 8.75. The largest absolute Gasteiger partial charge is 0.452 e. The van der Waals surface area contributed by atoms with E-state index in [1.54, 1.807) is 0 Å². The first kappa shape index (κ1) is 36.3. The molecule has 294 valence electrons. The highest BCUT2D eigenvalue weighted by atomic mass is 16.3. The fraction of sp³-hybridized carbons (Fsp3) is 0. The summed E-state index contributed by atoms with van der Waals surface area (Å²) in [7, 11) is 0. The van der Waals surface area contributed by atoms with Crippen LogP contribution >= 0.6 is 0 Å². The Morgan fingerprint density at radius 2 is 0.698 bits per heavy atom. The van der Waals surface area contributed by atoms with Gasteiger partial charge in [-0.3, -0.25) is 0 Å². The molecule has 0 aliphatic heterocycles. The van der Waals surface area contributed by atoms with E-state index in [9.17, 15) is 0 Å². The van der Waals surface area contributed by atoms with Crippen molar-refractivity contribution >= 4 is 43.7 Å². The molecule has 0 spiro atoms. The molecule has 0 saturated heterocycles. The standard InChI is InChI=1S/C58H36N4O/c1-3-16-38(17-4-1)52-50-32-31-37-15-7-8-28-48(37)54(50)61-57(59-52)46-26-13-24-44(35-46)42-22-11-20-40(33-42)41-21-12-23-43(34-41)45-25-14-27-47(36-45)58-60-53(39-18-5-2-6-19-39)56-55(62-58)49-29-9-10-30-51(49)63-56/h1-36H. The van der Waals surface area contributed by atoms with E-state index in [0.717, 1.165) is 105 Å². The summed E-state index contributed by atoms with van der Waals surface area (Å²) in [6, 6.07) is 75.9. The van der Waals surface area contributed by atoms with E-state index in [4.69, 9.17) is 24.4 Å². The van der Waals surface area contributed by atoms with Gasteiger partial charge in [0.25, 0.3) is 0 Å². The molecule has 0 amide bonds. The molecule has 0 N–H and O–H groups in total. The predicted molar refractivity (Wildman–Crippen MR) is 258 cm³/mol. The molecule has 0 aliphatic carbocycles. The first-order chi connectivity index (χ1) is 31.2. The van der Waals surface area contributed by atoms with Crippen molar-refractivity contribution in [2.45, 2.75) is 0 Å². The van der Waals surface area contributed by atoms with Crippen molar-refractivity contribution in [3.05, 3.63) is 218 Å². The summed E-state index contributed by atoms with van der Waals surface area (Å²) >= 11 is 0. The van der Waals surface area contributed by atoms with Gasteiger partial charge in [-0.1, -0.05) is 176 Å². The van der Waals surface area contributed by atoms with E-state index in [1.165, 1.54) is 0 Å². The average molecular weight is 805 g/mol. The lowest BCUT2D eigenvalue weighted by Crippen LogP contribution is -1.96. The molecule has 5 heteroatoms. The summed E-state index contributed by atoms with van der Waals surface area (Å²) in [5.74, 6) is 1.35. The highest BCUT2D eigenvalue weighted by Gasteiger charge is 2.19. The molecule has 0 unspecified atom stereocenters. The van der Waals surface area contributed by atoms with E-state index in [0.29, 0.717) is 17.2 Å². The molecule has 0 radical (unpaired) electrons. The third-order valence-corrected chi connectivity index (χ3v) is 11.9. The maximum absolute atomic E-state index is 6.36. The lowest BCUT2D eigenvalue weighted by molar-refractivity contribution is 0.667. The van der Waals surface area contributed by atoms with Gasteiger partial charge >= 0.3 is 0 Å². The van der Waals surface area contributed by atoms with Gasteiger partial charge in [-0.25, -0.2) is 19.9 Å². The van der Waals surface area contributed by atoms with Crippen LogP contribution in [0.15, 0.2) is 223 Å². The summed E-state index contributed by atoms with van der Waals surface area (Å²) in [4.78, 5) is 20.7. The molecular weight excluding hydrogens is 769 g/mol. The summed E-state index contributed by atoms with van der Waals surface area (Å²) in [6.45, 7) is 0. The van der Waals surface area contributed by atoms with Crippen molar-refractivity contribution in [2.24, 2.45) is 0 Å². The minimum Gasteiger partial charge on any atom is -0.452 e. The van der Waals surface area contributed by atoms with Gasteiger partial charge in [-0.15, -0.1) is 0 Å². The molecule has 3 heterocycles. The number of nitrogens with zero attached hydrogens (tertiary/aromatic N) is 4. The van der Waals surface area contributed by atoms with Gasteiger partial charge < -0.3 is 4.42 Å². The number of hydrogen-bond acceptors (Lipinski definition) is 5. The van der Waals surface area contributed by atoms with Crippen molar-refractivity contribution < 1.29 is 4.42 Å². The van der Waals surface area contributed by atoms with Gasteiger partial charge in [0.15, 0.2) is 17.2 Å². The number of rotatable bonds is 7. The van der Waals surface area contributed by atoms with Crippen molar-refractivity contribution in [3.8, 4) is 78.7 Å². The number of benzene rings is 9. The Hall–Kier alpha value is -8.54. The van der Waals surface area contributed by atoms with Crippen LogP contribution in [-0.2, 0) is 0 Å². The van der Waals surface area contributed by atoms with Crippen molar-refractivity contribution in [3.63, 3.8) is 0 Å². The quantitative estimate of drug-likeness (QED) is 0.150. The third-order valence-electron chi connectivity index (χ3n) is 11.9. The van der Waals surface area contributed by atoms with Crippen LogP contribution in [-0.4, -0.2) is 19.9 Å². The number of hydrogen-bond donors (Lipinski definition) is 0. The van der Waals surface area contributed by atoms with Crippen LogP contribution in [0.4, 0.5) is 0 Å². The Kier molecular flexibility index (Phi) is 8.75. The van der Waals surface area contributed by atoms with E-state index in [2.05, 4.69) is 176 Å². The second-order valence-electron chi connectivity index (χ2n) is 15.8. The Bertz CT molecular complexity index is 3690. The van der Waals surface area contributed by atoms with Crippen molar-refractivity contribution in [2.75, 3.05) is 0 Å². The van der Waals surface area contributed by atoms with Crippen molar-refractivity contribution in [1.82, 2.24) is 19.9 Å². The van der Waals surface area contributed by atoms with Crippen LogP contribution in [0.25, 0.3) is 122 Å². The minimum absolute atomic E-state index is 0.652. The zero-order valence-electron chi connectivity index (χ0n) is 34.0. The Balaban J connectivity index is 0.900. The summed E-state index contributed by atoms with van der Waals surface area (Å²) in [6.07, 6.45) is 0. The highest BCUT2D eigenvalue weighted by Crippen LogP contribution is 2.38. The molecule has 12 rings (SSSR count). The molecule has 0 atom stereocenters. The number of para-hydroxylation sites is 1. The van der Waals surface area contributed by atoms with Crippen LogP contribution in [0.1, 0.15) is 0 Å². The topological polar surface area (TPSA) is 64.7 Å². The first-order valence-corrected chi connectivity index (χ1v) is 21.1. The Morgan fingerprint density at radius 3 is 1.29 bits per heavy atom. The van der Waals surface area contributed by atoms with Gasteiger partial charge in [0.1, 0.15) is 16.8 Å². The zero-order valence-corrected chi connectivity index (χ0v) is 34.0. The van der Waals surface area contributed by atoms with E-state index in [1.807, 2.05) is 42.5 Å². The van der Waals surface area contributed by atoms with Gasteiger partial charge in [-0.05, 0) is 81.2 Å². The summed E-state index contributed by atoms with van der Waals surface area (Å²) in [5.41, 5.74) is 15.6. The zero-order chi connectivity index (χ0) is 41.7. The molecule has 0 bridgehead atoms.